The smallest absolute Gasteiger partial charge is 0.183 e. The molecule has 1 heterocycles. The van der Waals surface area contributed by atoms with E-state index in [-0.39, 0.29) is 6.61 Å². The molecule has 0 amide bonds. The molecule has 4 atom stereocenters. The molecule has 0 aromatic heterocycles. The standard InChI is InChI=1S/C5H10O5/c6-2-1-10-5(9)4(8)3(2)7/h2-9H,1H2/t2-,3+,4-,5?/m1/s1/i4+1,5+1. The van der Waals surface area contributed by atoms with Crippen molar-refractivity contribution in [1.29, 1.82) is 0 Å². The van der Waals surface area contributed by atoms with Gasteiger partial charge in [0.15, 0.2) is 6.29 Å². The summed E-state index contributed by atoms with van der Waals surface area (Å²) in [5, 5.41) is 35.3. The lowest BCUT2D eigenvalue weighted by atomic mass is 10.3. The summed E-state index contributed by atoms with van der Waals surface area (Å²) in [4.78, 5) is 0. The molecule has 10 heavy (non-hydrogen) atoms. The van der Waals surface area contributed by atoms with Gasteiger partial charge in [-0.25, -0.2) is 0 Å². The highest BCUT2D eigenvalue weighted by Gasteiger charge is 2.36. The largest absolute Gasteiger partial charge is 0.388 e. The Labute approximate surface area is 57.5 Å². The van der Waals surface area contributed by atoms with Crippen LogP contribution in [-0.4, -0.2) is 51.6 Å². The average molecular weight is 152 g/mol. The van der Waals surface area contributed by atoms with Crippen molar-refractivity contribution in [3.05, 3.63) is 0 Å². The number of aliphatic hydroxyl groups is 4. The fourth-order valence-corrected chi connectivity index (χ4v) is 0.791. The number of rotatable bonds is 0. The topological polar surface area (TPSA) is 90.2 Å². The Hall–Kier alpha value is -0.200. The van der Waals surface area contributed by atoms with E-state index in [0.29, 0.717) is 0 Å². The first-order chi connectivity index (χ1) is 4.63. The summed E-state index contributed by atoms with van der Waals surface area (Å²) in [5.74, 6) is 0. The van der Waals surface area contributed by atoms with Crippen molar-refractivity contribution in [3.8, 4) is 0 Å². The molecule has 5 heteroatoms. The minimum Gasteiger partial charge on any atom is -0.388 e. The lowest BCUT2D eigenvalue weighted by molar-refractivity contribution is -0.252. The third-order valence-corrected chi connectivity index (χ3v) is 1.47. The Morgan fingerprint density at radius 3 is 2.10 bits per heavy atom. The number of hydrogen-bond donors (Lipinski definition) is 4. The average Bonchev–Trinajstić information content (AvgIpc) is 1.93. The van der Waals surface area contributed by atoms with Crippen LogP contribution in [0.4, 0.5) is 0 Å². The van der Waals surface area contributed by atoms with Crippen LogP contribution in [0.25, 0.3) is 0 Å². The number of aliphatic hydroxyl groups excluding tert-OH is 4. The van der Waals surface area contributed by atoms with Gasteiger partial charge in [0.1, 0.15) is 18.3 Å². The van der Waals surface area contributed by atoms with Gasteiger partial charge in [0, 0.05) is 0 Å². The normalized spacial score (nSPS) is 49.2. The van der Waals surface area contributed by atoms with Crippen molar-refractivity contribution in [2.24, 2.45) is 0 Å². The lowest BCUT2D eigenvalue weighted by Gasteiger charge is -2.31. The SMILES string of the molecule is O[C@@H]1CO[13CH](O)[13C@H](O)[C@H]1O. The summed E-state index contributed by atoms with van der Waals surface area (Å²) in [7, 11) is 0. The Kier molecular flexibility index (Phi) is 2.22. The zero-order chi connectivity index (χ0) is 7.72. The van der Waals surface area contributed by atoms with Crippen LogP contribution in [0.1, 0.15) is 0 Å². The summed E-state index contributed by atoms with van der Waals surface area (Å²) in [5.41, 5.74) is 0. The van der Waals surface area contributed by atoms with Gasteiger partial charge in [0.25, 0.3) is 0 Å². The molecule has 0 spiro atoms. The number of hydrogen-bond acceptors (Lipinski definition) is 5. The predicted molar refractivity (Wildman–Crippen MR) is 30.0 cm³/mol. The maximum atomic E-state index is 8.88. The van der Waals surface area contributed by atoms with E-state index >= 15 is 0 Å². The second kappa shape index (κ2) is 2.81. The van der Waals surface area contributed by atoms with Gasteiger partial charge in [0.05, 0.1) is 6.61 Å². The summed E-state index contributed by atoms with van der Waals surface area (Å²) >= 11 is 0. The molecule has 1 rings (SSSR count). The molecule has 1 saturated heterocycles. The molecule has 0 aromatic carbocycles. The van der Waals surface area contributed by atoms with E-state index in [2.05, 4.69) is 4.74 Å². The molecule has 5 nitrogen and oxygen atoms in total. The zero-order valence-corrected chi connectivity index (χ0v) is 5.21. The summed E-state index contributed by atoms with van der Waals surface area (Å²) in [6.45, 7) is -0.153. The van der Waals surface area contributed by atoms with Gasteiger partial charge in [-0.05, 0) is 0 Å². The molecular formula is C5H10O5. The van der Waals surface area contributed by atoms with Crippen LogP contribution in [0.15, 0.2) is 0 Å². The van der Waals surface area contributed by atoms with Crippen molar-refractivity contribution in [2.45, 2.75) is 24.6 Å². The Balaban J connectivity index is 2.52. The molecule has 60 valence electrons. The minimum atomic E-state index is -1.41. The molecule has 1 unspecified atom stereocenters. The first kappa shape index (κ1) is 7.90. The van der Waals surface area contributed by atoms with Crippen molar-refractivity contribution >= 4 is 0 Å². The van der Waals surface area contributed by atoms with Gasteiger partial charge in [0.2, 0.25) is 0 Å². The van der Waals surface area contributed by atoms with Gasteiger partial charge in [-0.15, -0.1) is 0 Å². The molecule has 4 N–H and O–H groups in total. The van der Waals surface area contributed by atoms with Gasteiger partial charge in [-0.2, -0.15) is 0 Å². The van der Waals surface area contributed by atoms with Crippen LogP contribution in [0.3, 0.4) is 0 Å². The predicted octanol–water partition coefficient (Wildman–Crippen LogP) is -2.58. The maximum absolute atomic E-state index is 8.88. The highest BCUT2D eigenvalue weighted by atomic mass is 16.8. The quantitative estimate of drug-likeness (QED) is 0.286. The highest BCUT2D eigenvalue weighted by molar-refractivity contribution is 4.81. The van der Waals surface area contributed by atoms with Crippen molar-refractivity contribution < 1.29 is 25.2 Å². The lowest BCUT2D eigenvalue weighted by Crippen LogP contribution is -2.52. The molecule has 1 fully saturated rings. The van der Waals surface area contributed by atoms with E-state index in [4.69, 9.17) is 20.4 Å². The second-order valence-corrected chi connectivity index (χ2v) is 2.27. The molecule has 0 radical (unpaired) electrons. The minimum absolute atomic E-state index is 0.153. The molecular weight excluding hydrogens is 142 g/mol. The fraction of sp³-hybridized carbons (Fsp3) is 1.00. The molecule has 1 aliphatic rings. The third kappa shape index (κ3) is 1.28. The van der Waals surface area contributed by atoms with Gasteiger partial charge in [-0.1, -0.05) is 0 Å². The van der Waals surface area contributed by atoms with E-state index < -0.39 is 24.6 Å². The first-order valence-corrected chi connectivity index (χ1v) is 2.97. The van der Waals surface area contributed by atoms with Gasteiger partial charge >= 0.3 is 0 Å². The molecule has 0 bridgehead atoms. The molecule has 0 aliphatic carbocycles. The van der Waals surface area contributed by atoms with E-state index in [9.17, 15) is 0 Å². The van der Waals surface area contributed by atoms with E-state index in [1.165, 1.54) is 0 Å². The van der Waals surface area contributed by atoms with Crippen molar-refractivity contribution in [1.82, 2.24) is 0 Å². The van der Waals surface area contributed by atoms with Crippen molar-refractivity contribution in [2.75, 3.05) is 6.61 Å². The fourth-order valence-electron chi connectivity index (χ4n) is 0.791. The van der Waals surface area contributed by atoms with E-state index in [1.54, 1.807) is 0 Å². The van der Waals surface area contributed by atoms with E-state index in [1.807, 2.05) is 0 Å². The van der Waals surface area contributed by atoms with E-state index in [0.717, 1.165) is 0 Å². The van der Waals surface area contributed by atoms with Crippen LogP contribution in [0.5, 0.6) is 0 Å². The van der Waals surface area contributed by atoms with Crippen LogP contribution in [0, 0.1) is 0 Å². The number of ether oxygens (including phenoxy) is 1. The van der Waals surface area contributed by atoms with Gasteiger partial charge < -0.3 is 25.2 Å². The van der Waals surface area contributed by atoms with Crippen LogP contribution in [-0.2, 0) is 4.74 Å². The first-order valence-electron chi connectivity index (χ1n) is 2.97. The van der Waals surface area contributed by atoms with Crippen molar-refractivity contribution in [3.63, 3.8) is 0 Å². The monoisotopic (exact) mass is 152 g/mol. The molecule has 1 aliphatic heterocycles. The van der Waals surface area contributed by atoms with Gasteiger partial charge in [-0.3, -0.25) is 0 Å². The van der Waals surface area contributed by atoms with Crippen LogP contribution < -0.4 is 0 Å². The Morgan fingerprint density at radius 2 is 1.60 bits per heavy atom. The zero-order valence-electron chi connectivity index (χ0n) is 5.21. The molecule has 0 aromatic rings. The van der Waals surface area contributed by atoms with Crippen LogP contribution >= 0.6 is 0 Å². The third-order valence-electron chi connectivity index (χ3n) is 1.47. The Bertz CT molecular complexity index is 103. The maximum Gasteiger partial charge on any atom is 0.183 e. The second-order valence-electron chi connectivity index (χ2n) is 2.27. The highest BCUT2D eigenvalue weighted by Crippen LogP contribution is 2.12. The molecule has 0 saturated carbocycles. The summed E-state index contributed by atoms with van der Waals surface area (Å²) < 4.78 is 4.47. The summed E-state index contributed by atoms with van der Waals surface area (Å²) in [6.07, 6.45) is -5.23. The summed E-state index contributed by atoms with van der Waals surface area (Å²) in [6, 6.07) is 0. The Morgan fingerprint density at radius 1 is 1.00 bits per heavy atom. The van der Waals surface area contributed by atoms with Crippen LogP contribution in [0.2, 0.25) is 0 Å².